The molecule has 1 saturated carbocycles. The summed E-state index contributed by atoms with van der Waals surface area (Å²) in [5, 5.41) is 3.71. The molecule has 0 amide bonds. The minimum atomic E-state index is 0.940. The predicted octanol–water partition coefficient (Wildman–Crippen LogP) is 2.35. The lowest BCUT2D eigenvalue weighted by Crippen LogP contribution is -2.36. The Labute approximate surface area is 101 Å². The molecule has 2 fully saturated rings. The minimum absolute atomic E-state index is 0.940. The molecule has 2 unspecified atom stereocenters. The monoisotopic (exact) mass is 224 g/mol. The first-order valence-corrected chi connectivity index (χ1v) is 7.13. The Morgan fingerprint density at radius 3 is 2.31 bits per heavy atom. The van der Waals surface area contributed by atoms with E-state index in [1.807, 2.05) is 0 Å². The lowest BCUT2D eigenvalue weighted by atomic mass is 9.97. The van der Waals surface area contributed by atoms with Crippen molar-refractivity contribution in [2.75, 3.05) is 33.2 Å². The molecule has 2 nitrogen and oxygen atoms in total. The lowest BCUT2D eigenvalue weighted by molar-refractivity contribution is 0.214. The molecule has 1 heterocycles. The first-order chi connectivity index (χ1) is 7.74. The van der Waals surface area contributed by atoms with Gasteiger partial charge in [-0.15, -0.1) is 0 Å². The van der Waals surface area contributed by atoms with Gasteiger partial charge < -0.3 is 10.2 Å². The van der Waals surface area contributed by atoms with E-state index in [1.165, 1.54) is 58.3 Å². The van der Waals surface area contributed by atoms with Crippen molar-refractivity contribution in [1.29, 1.82) is 0 Å². The highest BCUT2D eigenvalue weighted by Gasteiger charge is 2.21. The van der Waals surface area contributed by atoms with Gasteiger partial charge >= 0.3 is 0 Å². The van der Waals surface area contributed by atoms with Crippen LogP contribution in [0.3, 0.4) is 0 Å². The van der Waals surface area contributed by atoms with Crippen LogP contribution in [0.2, 0.25) is 0 Å². The lowest BCUT2D eigenvalue weighted by Gasteiger charge is -2.29. The van der Waals surface area contributed by atoms with Gasteiger partial charge in [-0.05, 0) is 76.7 Å². The van der Waals surface area contributed by atoms with E-state index in [4.69, 9.17) is 0 Å². The van der Waals surface area contributed by atoms with E-state index in [9.17, 15) is 0 Å². The highest BCUT2D eigenvalue weighted by atomic mass is 15.1. The van der Waals surface area contributed by atoms with Gasteiger partial charge in [-0.25, -0.2) is 0 Å². The smallest absolute Gasteiger partial charge is 0.00187 e. The molecular weight excluding hydrogens is 196 g/mol. The van der Waals surface area contributed by atoms with Crippen LogP contribution in [0.25, 0.3) is 0 Å². The summed E-state index contributed by atoms with van der Waals surface area (Å²) in [5.74, 6) is 2.89. The molecule has 94 valence electrons. The molecule has 2 aliphatic rings. The van der Waals surface area contributed by atoms with Crippen LogP contribution in [0, 0.1) is 17.8 Å². The van der Waals surface area contributed by atoms with Crippen molar-refractivity contribution in [3.63, 3.8) is 0 Å². The van der Waals surface area contributed by atoms with Gasteiger partial charge in [0.25, 0.3) is 0 Å². The molecule has 2 rings (SSSR count). The fraction of sp³-hybridized carbons (Fsp3) is 1.00. The quantitative estimate of drug-likeness (QED) is 0.788. The van der Waals surface area contributed by atoms with Crippen molar-refractivity contribution < 1.29 is 0 Å². The number of rotatable bonds is 4. The van der Waals surface area contributed by atoms with Crippen LogP contribution in [0.4, 0.5) is 0 Å². The van der Waals surface area contributed by atoms with Crippen LogP contribution < -0.4 is 5.32 Å². The Morgan fingerprint density at radius 1 is 1.00 bits per heavy atom. The zero-order valence-electron chi connectivity index (χ0n) is 11.0. The summed E-state index contributed by atoms with van der Waals surface area (Å²) in [6.45, 7) is 7.53. The van der Waals surface area contributed by atoms with Crippen LogP contribution in [-0.2, 0) is 0 Å². The highest BCUT2D eigenvalue weighted by Crippen LogP contribution is 2.29. The summed E-state index contributed by atoms with van der Waals surface area (Å²) < 4.78 is 0. The van der Waals surface area contributed by atoms with E-state index < -0.39 is 0 Å². The fourth-order valence-electron chi connectivity index (χ4n) is 3.27. The van der Waals surface area contributed by atoms with Gasteiger partial charge in [-0.3, -0.25) is 0 Å². The average molecular weight is 224 g/mol. The molecule has 0 aromatic carbocycles. The standard InChI is InChI=1S/C14H28N2/c1-12-3-4-14(9-12)11-15-10-13-5-7-16(2)8-6-13/h12-15H,3-11H2,1-2H3. The highest BCUT2D eigenvalue weighted by molar-refractivity contribution is 4.76. The third-order valence-electron chi connectivity index (χ3n) is 4.51. The van der Waals surface area contributed by atoms with Crippen LogP contribution >= 0.6 is 0 Å². The van der Waals surface area contributed by atoms with Crippen LogP contribution in [0.1, 0.15) is 39.0 Å². The molecule has 0 aromatic heterocycles. The second-order valence-corrected chi connectivity index (χ2v) is 6.19. The van der Waals surface area contributed by atoms with E-state index >= 15 is 0 Å². The summed E-state index contributed by atoms with van der Waals surface area (Å²) in [7, 11) is 2.24. The summed E-state index contributed by atoms with van der Waals surface area (Å²) in [6.07, 6.45) is 7.16. The maximum absolute atomic E-state index is 3.71. The van der Waals surface area contributed by atoms with Crippen LogP contribution in [0.15, 0.2) is 0 Å². The van der Waals surface area contributed by atoms with Gasteiger partial charge in [0.2, 0.25) is 0 Å². The predicted molar refractivity (Wildman–Crippen MR) is 69.6 cm³/mol. The van der Waals surface area contributed by atoms with Gasteiger partial charge in [0, 0.05) is 0 Å². The summed E-state index contributed by atoms with van der Waals surface area (Å²) in [5.41, 5.74) is 0. The van der Waals surface area contributed by atoms with Gasteiger partial charge in [0.1, 0.15) is 0 Å². The molecule has 2 atom stereocenters. The van der Waals surface area contributed by atoms with Gasteiger partial charge in [-0.1, -0.05) is 13.3 Å². The number of hydrogen-bond acceptors (Lipinski definition) is 2. The fourth-order valence-corrected chi connectivity index (χ4v) is 3.27. The number of nitrogens with zero attached hydrogens (tertiary/aromatic N) is 1. The van der Waals surface area contributed by atoms with Crippen molar-refractivity contribution in [2.45, 2.75) is 39.0 Å². The maximum atomic E-state index is 3.71. The normalized spacial score (nSPS) is 33.4. The number of hydrogen-bond donors (Lipinski definition) is 1. The van der Waals surface area contributed by atoms with E-state index in [2.05, 4.69) is 24.2 Å². The van der Waals surface area contributed by atoms with Crippen LogP contribution in [-0.4, -0.2) is 38.1 Å². The van der Waals surface area contributed by atoms with E-state index in [0.29, 0.717) is 0 Å². The number of likely N-dealkylation sites (tertiary alicyclic amines) is 1. The molecule has 2 heteroatoms. The summed E-state index contributed by atoms with van der Waals surface area (Å²) in [4.78, 5) is 2.45. The summed E-state index contributed by atoms with van der Waals surface area (Å²) in [6, 6.07) is 0. The van der Waals surface area contributed by atoms with Gasteiger partial charge in [-0.2, -0.15) is 0 Å². The average Bonchev–Trinajstić information content (AvgIpc) is 2.67. The second-order valence-electron chi connectivity index (χ2n) is 6.19. The Kier molecular flexibility index (Phi) is 4.66. The van der Waals surface area contributed by atoms with Crippen molar-refractivity contribution >= 4 is 0 Å². The third-order valence-corrected chi connectivity index (χ3v) is 4.51. The molecule has 1 saturated heterocycles. The first kappa shape index (κ1) is 12.4. The van der Waals surface area contributed by atoms with Crippen molar-refractivity contribution in [2.24, 2.45) is 17.8 Å². The third kappa shape index (κ3) is 3.74. The second kappa shape index (κ2) is 6.02. The number of piperidine rings is 1. The van der Waals surface area contributed by atoms with Crippen molar-refractivity contribution in [3.8, 4) is 0 Å². The minimum Gasteiger partial charge on any atom is -0.316 e. The molecule has 1 N–H and O–H groups in total. The van der Waals surface area contributed by atoms with E-state index in [0.717, 1.165) is 17.8 Å². The van der Waals surface area contributed by atoms with E-state index in [1.54, 1.807) is 0 Å². The topological polar surface area (TPSA) is 15.3 Å². The molecule has 1 aliphatic carbocycles. The molecule has 0 spiro atoms. The summed E-state index contributed by atoms with van der Waals surface area (Å²) >= 11 is 0. The molecule has 0 bridgehead atoms. The largest absolute Gasteiger partial charge is 0.316 e. The molecular formula is C14H28N2. The Morgan fingerprint density at radius 2 is 1.69 bits per heavy atom. The first-order valence-electron chi connectivity index (χ1n) is 7.13. The van der Waals surface area contributed by atoms with Crippen molar-refractivity contribution in [1.82, 2.24) is 10.2 Å². The Hall–Kier alpha value is -0.0800. The molecule has 0 radical (unpaired) electrons. The SMILES string of the molecule is CC1CCC(CNCC2CCN(C)CC2)C1. The van der Waals surface area contributed by atoms with Crippen molar-refractivity contribution in [3.05, 3.63) is 0 Å². The molecule has 16 heavy (non-hydrogen) atoms. The molecule has 1 aliphatic heterocycles. The zero-order chi connectivity index (χ0) is 11.4. The van der Waals surface area contributed by atoms with Gasteiger partial charge in [0.15, 0.2) is 0 Å². The van der Waals surface area contributed by atoms with E-state index in [-0.39, 0.29) is 0 Å². The van der Waals surface area contributed by atoms with Gasteiger partial charge in [0.05, 0.1) is 0 Å². The number of nitrogens with one attached hydrogen (secondary N) is 1. The maximum Gasteiger partial charge on any atom is -0.00187 e. The molecule has 0 aromatic rings. The Balaban J connectivity index is 1.54. The zero-order valence-corrected chi connectivity index (χ0v) is 11.0. The Bertz CT molecular complexity index is 197. The van der Waals surface area contributed by atoms with Crippen LogP contribution in [0.5, 0.6) is 0 Å².